The lowest BCUT2D eigenvalue weighted by Gasteiger charge is -2.09. The molecule has 0 atom stereocenters. The number of benzene rings is 1. The van der Waals surface area contributed by atoms with Crippen LogP contribution in [-0.2, 0) is 21.3 Å². The Labute approximate surface area is 130 Å². The second-order valence-corrected chi connectivity index (χ2v) is 7.40. The predicted molar refractivity (Wildman–Crippen MR) is 82.7 cm³/mol. The van der Waals surface area contributed by atoms with Crippen molar-refractivity contribution in [2.24, 2.45) is 11.7 Å². The van der Waals surface area contributed by atoms with E-state index in [1.165, 1.54) is 25.0 Å². The van der Waals surface area contributed by atoms with Crippen molar-refractivity contribution in [1.29, 1.82) is 0 Å². The van der Waals surface area contributed by atoms with E-state index in [0.29, 0.717) is 24.6 Å². The van der Waals surface area contributed by atoms with Crippen LogP contribution < -0.4 is 10.5 Å². The molecule has 1 aromatic rings. The van der Waals surface area contributed by atoms with Crippen molar-refractivity contribution in [2.45, 2.75) is 30.7 Å². The van der Waals surface area contributed by atoms with Crippen LogP contribution in [0.15, 0.2) is 23.1 Å². The van der Waals surface area contributed by atoms with E-state index in [-0.39, 0.29) is 11.4 Å². The maximum absolute atomic E-state index is 12.1. The summed E-state index contributed by atoms with van der Waals surface area (Å²) in [6, 6.07) is 4.57. The number of nitrogens with one attached hydrogen (secondary N) is 1. The molecule has 1 aliphatic rings. The molecular weight excluding hydrogens is 312 g/mol. The summed E-state index contributed by atoms with van der Waals surface area (Å²) in [5.74, 6) is 0.727. The van der Waals surface area contributed by atoms with Gasteiger partial charge in [0.2, 0.25) is 10.0 Å². The number of hydrogen-bond acceptors (Lipinski definition) is 4. The largest absolute Gasteiger partial charge is 0.381 e. The fraction of sp³-hybridized carbons (Fsp3) is 0.571. The number of rotatable bonds is 9. The van der Waals surface area contributed by atoms with Crippen LogP contribution in [0.4, 0.5) is 0 Å². The Hall–Kier alpha value is -0.660. The molecule has 7 heteroatoms. The lowest BCUT2D eigenvalue weighted by molar-refractivity contribution is 0.123. The third-order valence-corrected chi connectivity index (χ3v) is 5.17. The first-order chi connectivity index (χ1) is 10.0. The first kappa shape index (κ1) is 16.7. The van der Waals surface area contributed by atoms with Crippen LogP contribution in [0, 0.1) is 5.92 Å². The molecule has 21 heavy (non-hydrogen) atoms. The van der Waals surface area contributed by atoms with Crippen molar-refractivity contribution in [3.05, 3.63) is 28.8 Å². The average molecular weight is 333 g/mol. The van der Waals surface area contributed by atoms with Crippen LogP contribution in [0.2, 0.25) is 5.02 Å². The molecule has 0 aromatic heterocycles. The summed E-state index contributed by atoms with van der Waals surface area (Å²) in [5, 5.41) is 0.369. The molecule has 0 amide bonds. The number of nitrogens with two attached hydrogens (primary N) is 1. The van der Waals surface area contributed by atoms with Crippen LogP contribution in [0.25, 0.3) is 0 Å². The summed E-state index contributed by atoms with van der Waals surface area (Å²) < 4.78 is 32.2. The summed E-state index contributed by atoms with van der Waals surface area (Å²) in [7, 11) is -3.53. The molecule has 1 aromatic carbocycles. The summed E-state index contributed by atoms with van der Waals surface area (Å²) in [4.78, 5) is 0.156. The van der Waals surface area contributed by atoms with Crippen molar-refractivity contribution in [1.82, 2.24) is 4.72 Å². The highest BCUT2D eigenvalue weighted by molar-refractivity contribution is 7.89. The standard InChI is InChI=1S/C14H21ClN2O3S/c15-14-8-13(5-4-12(14)9-16)21(18,19)17-6-1-7-20-10-11-2-3-11/h4-5,8,11,17H,1-3,6-7,9-10,16H2. The molecule has 0 radical (unpaired) electrons. The van der Waals surface area contributed by atoms with Crippen molar-refractivity contribution in [2.75, 3.05) is 19.8 Å². The highest BCUT2D eigenvalue weighted by Crippen LogP contribution is 2.28. The molecular formula is C14H21ClN2O3S. The molecule has 0 aliphatic heterocycles. The molecule has 1 saturated carbocycles. The maximum atomic E-state index is 12.1. The van der Waals surface area contributed by atoms with Crippen LogP contribution >= 0.6 is 11.6 Å². The van der Waals surface area contributed by atoms with Gasteiger partial charge >= 0.3 is 0 Å². The lowest BCUT2D eigenvalue weighted by atomic mass is 10.2. The van der Waals surface area contributed by atoms with Crippen LogP contribution in [0.3, 0.4) is 0 Å². The van der Waals surface area contributed by atoms with Crippen LogP contribution in [-0.4, -0.2) is 28.2 Å². The second kappa shape index (κ2) is 7.56. The quantitative estimate of drug-likeness (QED) is 0.677. The number of ether oxygens (including phenoxy) is 1. The van der Waals surface area contributed by atoms with E-state index in [4.69, 9.17) is 22.1 Å². The zero-order valence-corrected chi connectivity index (χ0v) is 13.4. The second-order valence-electron chi connectivity index (χ2n) is 5.23. The van der Waals surface area contributed by atoms with E-state index in [2.05, 4.69) is 4.72 Å². The smallest absolute Gasteiger partial charge is 0.240 e. The van der Waals surface area contributed by atoms with Gasteiger partial charge in [-0.2, -0.15) is 0 Å². The summed E-state index contributed by atoms with van der Waals surface area (Å²) in [6.45, 7) is 2.00. The number of halogens is 1. The van der Waals surface area contributed by atoms with Crippen molar-refractivity contribution in [3.8, 4) is 0 Å². The van der Waals surface area contributed by atoms with Crippen LogP contribution in [0.5, 0.6) is 0 Å². The van der Waals surface area contributed by atoms with Gasteiger partial charge in [-0.15, -0.1) is 0 Å². The van der Waals surface area contributed by atoms with E-state index in [0.717, 1.165) is 18.1 Å². The maximum Gasteiger partial charge on any atom is 0.240 e. The van der Waals surface area contributed by atoms with Gasteiger partial charge in [-0.1, -0.05) is 17.7 Å². The Kier molecular flexibility index (Phi) is 6.01. The Morgan fingerprint density at radius 3 is 2.76 bits per heavy atom. The molecule has 2 rings (SSSR count). The van der Waals surface area contributed by atoms with Gasteiger partial charge in [0, 0.05) is 31.3 Å². The Morgan fingerprint density at radius 1 is 1.38 bits per heavy atom. The molecule has 1 aliphatic carbocycles. The Balaban J connectivity index is 1.78. The third-order valence-electron chi connectivity index (χ3n) is 3.36. The van der Waals surface area contributed by atoms with Gasteiger partial charge in [0.1, 0.15) is 0 Å². The fourth-order valence-corrected chi connectivity index (χ4v) is 3.28. The summed E-state index contributed by atoms with van der Waals surface area (Å²) >= 11 is 5.98. The minimum atomic E-state index is -3.53. The number of sulfonamides is 1. The molecule has 1 fully saturated rings. The molecule has 0 bridgehead atoms. The highest BCUT2D eigenvalue weighted by Gasteiger charge is 2.21. The minimum Gasteiger partial charge on any atom is -0.381 e. The van der Waals surface area contributed by atoms with E-state index in [9.17, 15) is 8.42 Å². The molecule has 0 heterocycles. The van der Waals surface area contributed by atoms with E-state index in [1.54, 1.807) is 6.07 Å². The van der Waals surface area contributed by atoms with Gasteiger partial charge < -0.3 is 10.5 Å². The third kappa shape index (κ3) is 5.23. The predicted octanol–water partition coefficient (Wildman–Crippen LogP) is 1.89. The molecule has 0 saturated heterocycles. The Morgan fingerprint density at radius 2 is 2.14 bits per heavy atom. The molecule has 3 N–H and O–H groups in total. The highest BCUT2D eigenvalue weighted by atomic mass is 35.5. The summed E-state index contributed by atoms with van der Waals surface area (Å²) in [6.07, 6.45) is 3.17. The monoisotopic (exact) mass is 332 g/mol. The molecule has 118 valence electrons. The fourth-order valence-electron chi connectivity index (χ4n) is 1.86. The van der Waals surface area contributed by atoms with Gasteiger partial charge in [0.25, 0.3) is 0 Å². The first-order valence-corrected chi connectivity index (χ1v) is 8.95. The van der Waals surface area contributed by atoms with Gasteiger partial charge in [-0.25, -0.2) is 13.1 Å². The van der Waals surface area contributed by atoms with Gasteiger partial charge in [-0.3, -0.25) is 0 Å². The SMILES string of the molecule is NCc1ccc(S(=O)(=O)NCCCOCC2CC2)cc1Cl. The van der Waals surface area contributed by atoms with E-state index >= 15 is 0 Å². The van der Waals surface area contributed by atoms with E-state index < -0.39 is 10.0 Å². The van der Waals surface area contributed by atoms with Gasteiger partial charge in [0.15, 0.2) is 0 Å². The molecule has 5 nitrogen and oxygen atoms in total. The first-order valence-electron chi connectivity index (χ1n) is 7.09. The minimum absolute atomic E-state index is 0.156. The van der Waals surface area contributed by atoms with Gasteiger partial charge in [-0.05, 0) is 42.9 Å². The van der Waals surface area contributed by atoms with Crippen molar-refractivity contribution in [3.63, 3.8) is 0 Å². The molecule has 0 spiro atoms. The zero-order valence-electron chi connectivity index (χ0n) is 11.8. The number of hydrogen-bond donors (Lipinski definition) is 2. The van der Waals surface area contributed by atoms with Crippen molar-refractivity contribution < 1.29 is 13.2 Å². The average Bonchev–Trinajstić information content (AvgIpc) is 3.26. The Bertz CT molecular complexity index is 574. The normalized spacial score (nSPS) is 15.3. The topological polar surface area (TPSA) is 81.4 Å². The van der Waals surface area contributed by atoms with Crippen molar-refractivity contribution >= 4 is 21.6 Å². The van der Waals surface area contributed by atoms with Crippen LogP contribution in [0.1, 0.15) is 24.8 Å². The van der Waals surface area contributed by atoms with Gasteiger partial charge in [0.05, 0.1) is 4.90 Å². The summed E-state index contributed by atoms with van der Waals surface area (Å²) in [5.41, 5.74) is 6.22. The zero-order chi connectivity index (χ0) is 15.3. The lowest BCUT2D eigenvalue weighted by Crippen LogP contribution is -2.25. The van der Waals surface area contributed by atoms with E-state index in [1.807, 2.05) is 0 Å². The molecule has 0 unspecified atom stereocenters.